The number of hydrogen-bond acceptors (Lipinski definition) is 4. The summed E-state index contributed by atoms with van der Waals surface area (Å²) < 4.78 is 1.32. The zero-order chi connectivity index (χ0) is 18.5. The number of likely N-dealkylation sites (N-methyl/N-ethyl adjacent to an activating group) is 1. The minimum absolute atomic E-state index is 0.0138. The summed E-state index contributed by atoms with van der Waals surface area (Å²) in [6.45, 7) is 2.61. The number of amides is 2. The molecule has 0 saturated carbocycles. The molecular weight excluding hydrogens is 362 g/mol. The van der Waals surface area contributed by atoms with Crippen molar-refractivity contribution in [3.63, 3.8) is 0 Å². The molecule has 0 aliphatic carbocycles. The lowest BCUT2D eigenvalue weighted by Gasteiger charge is -2.25. The van der Waals surface area contributed by atoms with E-state index < -0.39 is 0 Å². The van der Waals surface area contributed by atoms with Crippen LogP contribution in [0.5, 0.6) is 0 Å². The van der Waals surface area contributed by atoms with Crippen molar-refractivity contribution in [2.45, 2.75) is 25.4 Å². The van der Waals surface area contributed by atoms with E-state index in [0.29, 0.717) is 6.54 Å². The number of hydrogen-bond donors (Lipinski definition) is 2. The van der Waals surface area contributed by atoms with Crippen molar-refractivity contribution in [2.24, 2.45) is 0 Å². The van der Waals surface area contributed by atoms with Crippen LogP contribution >= 0.6 is 22.7 Å². The molecule has 2 atom stereocenters. The first-order valence-corrected chi connectivity index (χ1v) is 10.5. The molecule has 1 unspecified atom stereocenters. The van der Waals surface area contributed by atoms with E-state index in [2.05, 4.69) is 64.7 Å². The van der Waals surface area contributed by atoms with Crippen LogP contribution in [-0.2, 0) is 6.42 Å². The van der Waals surface area contributed by atoms with Crippen molar-refractivity contribution in [3.8, 4) is 0 Å². The number of thiophene rings is 2. The van der Waals surface area contributed by atoms with Gasteiger partial charge in [0.1, 0.15) is 0 Å². The molecule has 6 heteroatoms. The van der Waals surface area contributed by atoms with E-state index in [9.17, 15) is 4.79 Å². The van der Waals surface area contributed by atoms with Gasteiger partial charge in [0.25, 0.3) is 0 Å². The Morgan fingerprint density at radius 2 is 2.00 bits per heavy atom. The Morgan fingerprint density at radius 1 is 1.19 bits per heavy atom. The number of carbonyl (C=O) groups excluding carboxylic acids is 1. The van der Waals surface area contributed by atoms with Crippen molar-refractivity contribution in [2.75, 3.05) is 20.6 Å². The van der Waals surface area contributed by atoms with Crippen LogP contribution in [0, 0.1) is 0 Å². The Hall–Kier alpha value is -1.89. The summed E-state index contributed by atoms with van der Waals surface area (Å²) in [6.07, 6.45) is 0.914. The lowest BCUT2D eigenvalue weighted by Crippen LogP contribution is -2.45. The van der Waals surface area contributed by atoms with Crippen LogP contribution in [-0.4, -0.2) is 37.6 Å². The maximum absolute atomic E-state index is 12.3. The Bertz CT molecular complexity index is 842. The molecule has 1 aromatic carbocycles. The molecule has 26 heavy (non-hydrogen) atoms. The number of benzene rings is 1. The highest BCUT2D eigenvalue weighted by Crippen LogP contribution is 2.27. The maximum Gasteiger partial charge on any atom is 0.315 e. The molecule has 3 rings (SSSR count). The summed E-state index contributed by atoms with van der Waals surface area (Å²) in [5, 5.41) is 13.7. The third kappa shape index (κ3) is 4.63. The zero-order valence-corrected chi connectivity index (χ0v) is 17.0. The van der Waals surface area contributed by atoms with E-state index in [0.717, 1.165) is 12.0 Å². The Balaban J connectivity index is 1.57. The van der Waals surface area contributed by atoms with Gasteiger partial charge in [-0.25, -0.2) is 4.79 Å². The van der Waals surface area contributed by atoms with Gasteiger partial charge < -0.3 is 15.5 Å². The van der Waals surface area contributed by atoms with Gasteiger partial charge in [0.2, 0.25) is 0 Å². The monoisotopic (exact) mass is 387 g/mol. The van der Waals surface area contributed by atoms with Crippen molar-refractivity contribution in [1.29, 1.82) is 0 Å². The minimum Gasteiger partial charge on any atom is -0.337 e. The molecule has 0 fully saturated rings. The maximum atomic E-state index is 12.3. The van der Waals surface area contributed by atoms with Gasteiger partial charge in [0.15, 0.2) is 0 Å². The summed E-state index contributed by atoms with van der Waals surface area (Å²) in [6, 6.07) is 10.7. The van der Waals surface area contributed by atoms with Gasteiger partial charge in [-0.05, 0) is 72.2 Å². The second kappa shape index (κ2) is 8.66. The highest BCUT2D eigenvalue weighted by molar-refractivity contribution is 7.17. The van der Waals surface area contributed by atoms with Gasteiger partial charge in [-0.3, -0.25) is 0 Å². The first-order valence-electron chi connectivity index (χ1n) is 8.72. The van der Waals surface area contributed by atoms with Crippen LogP contribution in [0.15, 0.2) is 46.5 Å². The Morgan fingerprint density at radius 3 is 2.73 bits per heavy atom. The lowest BCUT2D eigenvalue weighted by molar-refractivity contribution is 0.229. The normalized spacial score (nSPS) is 13.7. The molecule has 2 heterocycles. The quantitative estimate of drug-likeness (QED) is 0.627. The fraction of sp³-hybridized carbons (Fsp3) is 0.350. The standard InChI is InChI=1S/C20H25N3OS2/c1-14(15-8-9-25-12-15)22-20(24)21-11-17(23(2)3)10-16-13-26-19-7-5-4-6-18(16)19/h4-9,12-14,17H,10-11H2,1-3H3,(H2,21,22,24)/t14-,17?/m1/s1. The number of nitrogens with one attached hydrogen (secondary N) is 2. The van der Waals surface area contributed by atoms with Gasteiger partial charge in [0.05, 0.1) is 6.04 Å². The molecule has 4 nitrogen and oxygen atoms in total. The van der Waals surface area contributed by atoms with Crippen molar-refractivity contribution in [1.82, 2.24) is 15.5 Å². The van der Waals surface area contributed by atoms with E-state index in [1.807, 2.05) is 18.4 Å². The lowest BCUT2D eigenvalue weighted by atomic mass is 10.0. The molecule has 0 radical (unpaired) electrons. The topological polar surface area (TPSA) is 44.4 Å². The SMILES string of the molecule is C[C@@H](NC(=O)NCC(Cc1csc2ccccc12)N(C)C)c1ccsc1. The molecule has 2 aromatic heterocycles. The second-order valence-electron chi connectivity index (χ2n) is 6.71. The van der Waals surface area contributed by atoms with E-state index in [1.54, 1.807) is 22.7 Å². The number of carbonyl (C=O) groups is 1. The van der Waals surface area contributed by atoms with E-state index in [4.69, 9.17) is 0 Å². The summed E-state index contributed by atoms with van der Waals surface area (Å²) in [5.41, 5.74) is 2.48. The molecular formula is C20H25N3OS2. The first-order chi connectivity index (χ1) is 12.5. The zero-order valence-electron chi connectivity index (χ0n) is 15.4. The molecule has 3 aromatic rings. The highest BCUT2D eigenvalue weighted by Gasteiger charge is 2.17. The second-order valence-corrected chi connectivity index (χ2v) is 8.40. The Kier molecular flexibility index (Phi) is 6.29. The molecule has 2 N–H and O–H groups in total. The summed E-state index contributed by atoms with van der Waals surface area (Å²) >= 11 is 3.42. The van der Waals surface area contributed by atoms with Crippen molar-refractivity contribution in [3.05, 3.63) is 57.6 Å². The number of nitrogens with zero attached hydrogens (tertiary/aromatic N) is 1. The number of urea groups is 1. The smallest absolute Gasteiger partial charge is 0.315 e. The predicted molar refractivity (Wildman–Crippen MR) is 112 cm³/mol. The molecule has 0 aliphatic rings. The van der Waals surface area contributed by atoms with Crippen LogP contribution in [0.2, 0.25) is 0 Å². The van der Waals surface area contributed by atoms with Crippen molar-refractivity contribution >= 4 is 38.8 Å². The number of rotatable bonds is 7. The average molecular weight is 388 g/mol. The highest BCUT2D eigenvalue weighted by atomic mass is 32.1. The minimum atomic E-state index is -0.120. The van der Waals surface area contributed by atoms with Crippen LogP contribution in [0.25, 0.3) is 10.1 Å². The van der Waals surface area contributed by atoms with Gasteiger partial charge in [-0.2, -0.15) is 11.3 Å². The molecule has 2 amide bonds. The van der Waals surface area contributed by atoms with Crippen molar-refractivity contribution < 1.29 is 4.79 Å². The molecule has 0 spiro atoms. The summed E-state index contributed by atoms with van der Waals surface area (Å²) in [7, 11) is 4.12. The largest absolute Gasteiger partial charge is 0.337 e. The Labute approximate surface area is 162 Å². The third-order valence-electron chi connectivity index (χ3n) is 4.64. The summed E-state index contributed by atoms with van der Waals surface area (Å²) in [4.78, 5) is 14.4. The first kappa shape index (κ1) is 18.9. The van der Waals surface area contributed by atoms with E-state index >= 15 is 0 Å². The van der Waals surface area contributed by atoms with Crippen LogP contribution in [0.1, 0.15) is 24.1 Å². The third-order valence-corrected chi connectivity index (χ3v) is 6.35. The molecule has 0 saturated heterocycles. The average Bonchev–Trinajstić information content (AvgIpc) is 3.28. The van der Waals surface area contributed by atoms with Gasteiger partial charge in [0, 0.05) is 17.3 Å². The van der Waals surface area contributed by atoms with E-state index in [-0.39, 0.29) is 18.1 Å². The van der Waals surface area contributed by atoms with Crippen LogP contribution in [0.3, 0.4) is 0 Å². The summed E-state index contributed by atoms with van der Waals surface area (Å²) in [5.74, 6) is 0. The van der Waals surface area contributed by atoms with E-state index in [1.165, 1.54) is 15.6 Å². The molecule has 138 valence electrons. The fourth-order valence-corrected chi connectivity index (χ4v) is 4.67. The fourth-order valence-electron chi connectivity index (χ4n) is 2.94. The number of fused-ring (bicyclic) bond motifs is 1. The van der Waals surface area contributed by atoms with Crippen LogP contribution < -0.4 is 10.6 Å². The van der Waals surface area contributed by atoms with Gasteiger partial charge in [-0.15, -0.1) is 11.3 Å². The van der Waals surface area contributed by atoms with Gasteiger partial charge >= 0.3 is 6.03 Å². The molecule has 0 aliphatic heterocycles. The van der Waals surface area contributed by atoms with Crippen LogP contribution in [0.4, 0.5) is 4.79 Å². The molecule has 0 bridgehead atoms. The van der Waals surface area contributed by atoms with Gasteiger partial charge in [-0.1, -0.05) is 18.2 Å². The predicted octanol–water partition coefficient (Wildman–Crippen LogP) is 4.50.